The van der Waals surface area contributed by atoms with Crippen LogP contribution in [0.4, 0.5) is 5.69 Å². The van der Waals surface area contributed by atoms with Gasteiger partial charge in [0, 0.05) is 38.9 Å². The molecule has 1 saturated heterocycles. The Bertz CT molecular complexity index is 1260. The molecule has 0 unspecified atom stereocenters. The van der Waals surface area contributed by atoms with Gasteiger partial charge in [-0.05, 0) is 48.7 Å². The molecular formula is C24H25N5O2S. The number of aromatic nitrogens is 3. The normalized spacial score (nSPS) is 14.2. The third-order valence-corrected chi connectivity index (χ3v) is 6.87. The zero-order chi connectivity index (χ0) is 22.2. The molecule has 1 aliphatic heterocycles. The van der Waals surface area contributed by atoms with Crippen molar-refractivity contribution < 1.29 is 9.53 Å². The van der Waals surface area contributed by atoms with Crippen molar-refractivity contribution in [2.75, 3.05) is 38.2 Å². The summed E-state index contributed by atoms with van der Waals surface area (Å²) < 4.78 is 7.02. The Morgan fingerprint density at radius 2 is 1.84 bits per heavy atom. The number of carbonyl (C=O) groups excluding carboxylic acids is 1. The summed E-state index contributed by atoms with van der Waals surface area (Å²) in [6.45, 7) is 4.85. The lowest BCUT2D eigenvalue weighted by Crippen LogP contribution is -2.48. The van der Waals surface area contributed by atoms with Gasteiger partial charge in [0.15, 0.2) is 5.65 Å². The number of amides is 1. The van der Waals surface area contributed by atoms with Crippen molar-refractivity contribution in [2.45, 2.75) is 6.92 Å². The average molecular weight is 448 g/mol. The molecule has 0 atom stereocenters. The van der Waals surface area contributed by atoms with E-state index in [0.717, 1.165) is 51.8 Å². The van der Waals surface area contributed by atoms with Crippen molar-refractivity contribution in [3.63, 3.8) is 0 Å². The van der Waals surface area contributed by atoms with E-state index >= 15 is 0 Å². The smallest absolute Gasteiger partial charge is 0.254 e. The maximum atomic E-state index is 13.7. The molecule has 164 valence electrons. The number of rotatable bonds is 4. The first-order chi connectivity index (χ1) is 15.5. The van der Waals surface area contributed by atoms with E-state index in [1.807, 2.05) is 54.6 Å². The molecule has 0 N–H and O–H groups in total. The predicted molar refractivity (Wildman–Crippen MR) is 128 cm³/mol. The van der Waals surface area contributed by atoms with Crippen LogP contribution in [0.25, 0.3) is 21.6 Å². The fourth-order valence-corrected chi connectivity index (χ4v) is 4.98. The number of carbonyl (C=O) groups is 1. The van der Waals surface area contributed by atoms with E-state index in [1.165, 1.54) is 0 Å². The lowest BCUT2D eigenvalue weighted by Gasteiger charge is -2.36. The number of methoxy groups -OCH3 is 1. The van der Waals surface area contributed by atoms with Gasteiger partial charge in [0.2, 0.25) is 0 Å². The summed E-state index contributed by atoms with van der Waals surface area (Å²) >= 11 is 1.62. The van der Waals surface area contributed by atoms with Crippen molar-refractivity contribution in [1.82, 2.24) is 19.7 Å². The molecule has 4 heterocycles. The molecule has 0 spiro atoms. The number of ether oxygens (including phenoxy) is 1. The highest BCUT2D eigenvalue weighted by atomic mass is 32.1. The second-order valence-corrected chi connectivity index (χ2v) is 8.86. The molecule has 8 heteroatoms. The van der Waals surface area contributed by atoms with Gasteiger partial charge in [0.1, 0.15) is 5.75 Å². The fourth-order valence-electron chi connectivity index (χ4n) is 4.30. The van der Waals surface area contributed by atoms with Gasteiger partial charge in [-0.3, -0.25) is 9.48 Å². The first kappa shape index (κ1) is 20.5. The number of thiophene rings is 1. The largest absolute Gasteiger partial charge is 0.497 e. The topological polar surface area (TPSA) is 63.5 Å². The van der Waals surface area contributed by atoms with E-state index in [4.69, 9.17) is 9.72 Å². The summed E-state index contributed by atoms with van der Waals surface area (Å²) in [5.74, 6) is 0.887. The van der Waals surface area contributed by atoms with Crippen LogP contribution in [0, 0.1) is 6.92 Å². The zero-order valence-electron chi connectivity index (χ0n) is 18.4. The van der Waals surface area contributed by atoms with Gasteiger partial charge >= 0.3 is 0 Å². The Morgan fingerprint density at radius 3 is 2.50 bits per heavy atom. The zero-order valence-corrected chi connectivity index (χ0v) is 19.2. The van der Waals surface area contributed by atoms with E-state index in [0.29, 0.717) is 18.7 Å². The molecule has 0 saturated carbocycles. The SMILES string of the molecule is COc1ccc(N2CCN(C(=O)c3cc(-c4cccs4)nc4c3c(C)nn4C)CC2)cc1. The maximum Gasteiger partial charge on any atom is 0.254 e. The number of hydrogen-bond donors (Lipinski definition) is 0. The first-order valence-corrected chi connectivity index (χ1v) is 11.5. The lowest BCUT2D eigenvalue weighted by molar-refractivity contribution is 0.0748. The third kappa shape index (κ3) is 3.60. The van der Waals surface area contributed by atoms with Crippen LogP contribution >= 0.6 is 11.3 Å². The van der Waals surface area contributed by atoms with E-state index < -0.39 is 0 Å². The molecule has 1 aromatic carbocycles. The highest BCUT2D eigenvalue weighted by Gasteiger charge is 2.26. The van der Waals surface area contributed by atoms with E-state index in [-0.39, 0.29) is 5.91 Å². The second-order valence-electron chi connectivity index (χ2n) is 7.92. The standard InChI is InChI=1S/C24H25N5O2S/c1-16-22-19(15-20(21-5-4-14-32-21)25-23(22)27(2)26-16)24(30)29-12-10-28(11-13-29)17-6-8-18(31-3)9-7-17/h4-9,14-15H,10-13H2,1-3H3. The molecule has 1 amide bonds. The van der Waals surface area contributed by atoms with Crippen LogP contribution in [0.1, 0.15) is 16.1 Å². The minimum Gasteiger partial charge on any atom is -0.497 e. The Hall–Kier alpha value is -3.39. The Kier molecular flexibility index (Phi) is 5.30. The van der Waals surface area contributed by atoms with Gasteiger partial charge in [0.25, 0.3) is 5.91 Å². The Morgan fingerprint density at radius 1 is 1.09 bits per heavy atom. The highest BCUT2D eigenvalue weighted by Crippen LogP contribution is 2.30. The number of benzene rings is 1. The van der Waals surface area contributed by atoms with Gasteiger partial charge in [-0.15, -0.1) is 11.3 Å². The number of aryl methyl sites for hydroxylation is 2. The lowest BCUT2D eigenvalue weighted by atomic mass is 10.1. The molecule has 4 aromatic rings. The van der Waals surface area contributed by atoms with Crippen LogP contribution in [0.5, 0.6) is 5.75 Å². The quantitative estimate of drug-likeness (QED) is 0.474. The predicted octanol–water partition coefficient (Wildman–Crippen LogP) is 3.98. The third-order valence-electron chi connectivity index (χ3n) is 5.98. The molecule has 1 fully saturated rings. The van der Waals surface area contributed by atoms with Crippen LogP contribution in [-0.4, -0.2) is 58.9 Å². The van der Waals surface area contributed by atoms with Crippen molar-refractivity contribution in [2.24, 2.45) is 7.05 Å². The van der Waals surface area contributed by atoms with Crippen LogP contribution in [0.15, 0.2) is 47.8 Å². The molecule has 3 aromatic heterocycles. The van der Waals surface area contributed by atoms with Gasteiger partial charge < -0.3 is 14.5 Å². The van der Waals surface area contributed by atoms with Crippen LogP contribution in [0.3, 0.4) is 0 Å². The van der Waals surface area contributed by atoms with E-state index in [1.54, 1.807) is 23.1 Å². The minimum absolute atomic E-state index is 0.0423. The van der Waals surface area contributed by atoms with Crippen LogP contribution in [0.2, 0.25) is 0 Å². The number of fused-ring (bicyclic) bond motifs is 1. The summed E-state index contributed by atoms with van der Waals surface area (Å²) in [4.78, 5) is 23.8. The van der Waals surface area contributed by atoms with Crippen LogP contribution in [-0.2, 0) is 7.05 Å². The number of nitrogens with zero attached hydrogens (tertiary/aromatic N) is 5. The van der Waals surface area contributed by atoms with Crippen molar-refractivity contribution in [3.05, 3.63) is 59.1 Å². The second kappa shape index (κ2) is 8.27. The molecule has 32 heavy (non-hydrogen) atoms. The van der Waals surface area contributed by atoms with E-state index in [2.05, 4.69) is 22.1 Å². The fraction of sp³-hybridized carbons (Fsp3) is 0.292. The summed E-state index contributed by atoms with van der Waals surface area (Å²) in [5.41, 5.74) is 4.21. The van der Waals surface area contributed by atoms with Gasteiger partial charge in [0.05, 0.1) is 34.3 Å². The minimum atomic E-state index is 0.0423. The van der Waals surface area contributed by atoms with Crippen molar-refractivity contribution >= 4 is 34.0 Å². The molecular weight excluding hydrogens is 422 g/mol. The summed E-state index contributed by atoms with van der Waals surface area (Å²) in [5, 5.41) is 7.40. The first-order valence-electron chi connectivity index (χ1n) is 10.6. The summed E-state index contributed by atoms with van der Waals surface area (Å²) in [7, 11) is 3.55. The highest BCUT2D eigenvalue weighted by molar-refractivity contribution is 7.13. The van der Waals surface area contributed by atoms with Crippen molar-refractivity contribution in [1.29, 1.82) is 0 Å². The molecule has 7 nitrogen and oxygen atoms in total. The molecule has 0 aliphatic carbocycles. The van der Waals surface area contributed by atoms with Gasteiger partial charge in [-0.2, -0.15) is 5.10 Å². The maximum absolute atomic E-state index is 13.7. The number of piperazine rings is 1. The summed E-state index contributed by atoms with van der Waals surface area (Å²) in [6.07, 6.45) is 0. The Labute approximate surface area is 190 Å². The molecule has 0 radical (unpaired) electrons. The van der Waals surface area contributed by atoms with Gasteiger partial charge in [-0.1, -0.05) is 6.07 Å². The average Bonchev–Trinajstić information content (AvgIpc) is 3.47. The number of anilines is 1. The van der Waals surface area contributed by atoms with Gasteiger partial charge in [-0.25, -0.2) is 4.98 Å². The number of hydrogen-bond acceptors (Lipinski definition) is 6. The van der Waals surface area contributed by atoms with Crippen LogP contribution < -0.4 is 9.64 Å². The number of pyridine rings is 1. The molecule has 5 rings (SSSR count). The molecule has 0 bridgehead atoms. The summed E-state index contributed by atoms with van der Waals surface area (Å²) in [6, 6.07) is 14.0. The van der Waals surface area contributed by atoms with Crippen molar-refractivity contribution in [3.8, 4) is 16.3 Å². The molecule has 1 aliphatic rings. The Balaban J connectivity index is 1.42. The monoisotopic (exact) mass is 447 g/mol. The van der Waals surface area contributed by atoms with E-state index in [9.17, 15) is 4.79 Å².